The average Bonchev–Trinajstić information content (AvgIpc) is 3.56. The number of amides is 3. The van der Waals surface area contributed by atoms with Gasteiger partial charge in [0.15, 0.2) is 5.13 Å². The van der Waals surface area contributed by atoms with Crippen LogP contribution in [0.5, 0.6) is 11.5 Å². The van der Waals surface area contributed by atoms with Gasteiger partial charge in [0, 0.05) is 38.7 Å². The quantitative estimate of drug-likeness (QED) is 0.0948. The summed E-state index contributed by atoms with van der Waals surface area (Å²) in [5.74, 6) is 0.108. The second-order valence-electron chi connectivity index (χ2n) is 10.2. The SMILES string of the molecule is COc1ccc(/C=C(\NC(=O)c2ccccc2)C(=O)Nc2ccc(SCC(=O)Nc3nc(-c4ccc(C)cc4)cs3)cc2)c(OC)c1. The molecule has 1 aromatic heterocycles. The molecule has 9 nitrogen and oxygen atoms in total. The number of carbonyl (C=O) groups is 3. The van der Waals surface area contributed by atoms with Gasteiger partial charge in [0.25, 0.3) is 11.8 Å². The molecule has 3 amide bonds. The third-order valence-electron chi connectivity index (χ3n) is 6.85. The van der Waals surface area contributed by atoms with Crippen LogP contribution in [0.15, 0.2) is 113 Å². The zero-order valence-corrected chi connectivity index (χ0v) is 27.5. The Labute approximate surface area is 281 Å². The van der Waals surface area contributed by atoms with Crippen LogP contribution in [-0.4, -0.2) is 42.7 Å². The molecule has 0 fully saturated rings. The van der Waals surface area contributed by atoms with Crippen LogP contribution >= 0.6 is 23.1 Å². The van der Waals surface area contributed by atoms with Crippen molar-refractivity contribution in [2.24, 2.45) is 0 Å². The van der Waals surface area contributed by atoms with Crippen molar-refractivity contribution in [3.05, 3.63) is 125 Å². The van der Waals surface area contributed by atoms with E-state index in [2.05, 4.69) is 20.9 Å². The van der Waals surface area contributed by atoms with Crippen LogP contribution in [0.3, 0.4) is 0 Å². The number of aromatic nitrogens is 1. The Balaban J connectivity index is 1.22. The second-order valence-corrected chi connectivity index (χ2v) is 12.1. The summed E-state index contributed by atoms with van der Waals surface area (Å²) in [7, 11) is 3.06. The Morgan fingerprint density at radius 1 is 0.872 bits per heavy atom. The molecule has 5 aromatic rings. The largest absolute Gasteiger partial charge is 0.497 e. The van der Waals surface area contributed by atoms with Crippen LogP contribution in [0.1, 0.15) is 21.5 Å². The molecule has 3 N–H and O–H groups in total. The topological polar surface area (TPSA) is 119 Å². The monoisotopic (exact) mass is 664 g/mol. The molecule has 0 atom stereocenters. The third-order valence-corrected chi connectivity index (χ3v) is 8.62. The first kappa shape index (κ1) is 33.0. The summed E-state index contributed by atoms with van der Waals surface area (Å²) < 4.78 is 10.8. The minimum Gasteiger partial charge on any atom is -0.497 e. The summed E-state index contributed by atoms with van der Waals surface area (Å²) in [6, 6.07) is 28.9. The Morgan fingerprint density at radius 3 is 2.32 bits per heavy atom. The molecule has 0 aliphatic heterocycles. The van der Waals surface area contributed by atoms with E-state index in [9.17, 15) is 14.4 Å². The Bertz CT molecular complexity index is 1890. The van der Waals surface area contributed by atoms with Gasteiger partial charge in [-0.05, 0) is 61.5 Å². The number of nitrogens with one attached hydrogen (secondary N) is 3. The number of methoxy groups -OCH3 is 2. The highest BCUT2D eigenvalue weighted by atomic mass is 32.2. The number of nitrogens with zero attached hydrogens (tertiary/aromatic N) is 1. The van der Waals surface area contributed by atoms with E-state index in [-0.39, 0.29) is 17.4 Å². The first-order valence-corrected chi connectivity index (χ1v) is 16.3. The number of aryl methyl sites for hydroxylation is 1. The van der Waals surface area contributed by atoms with Crippen LogP contribution in [0.4, 0.5) is 10.8 Å². The van der Waals surface area contributed by atoms with Crippen molar-refractivity contribution in [3.8, 4) is 22.8 Å². The van der Waals surface area contributed by atoms with Gasteiger partial charge in [-0.25, -0.2) is 4.98 Å². The molecular weight excluding hydrogens is 633 g/mol. The van der Waals surface area contributed by atoms with Gasteiger partial charge in [-0.1, -0.05) is 48.0 Å². The van der Waals surface area contributed by atoms with Gasteiger partial charge < -0.3 is 25.4 Å². The van der Waals surface area contributed by atoms with Crippen molar-refractivity contribution in [3.63, 3.8) is 0 Å². The fourth-order valence-electron chi connectivity index (χ4n) is 4.36. The van der Waals surface area contributed by atoms with Crippen LogP contribution in [0, 0.1) is 6.92 Å². The van der Waals surface area contributed by atoms with Gasteiger partial charge in [0.2, 0.25) is 5.91 Å². The van der Waals surface area contributed by atoms with E-state index in [1.165, 1.54) is 35.8 Å². The minimum atomic E-state index is -0.527. The van der Waals surface area contributed by atoms with E-state index in [0.29, 0.717) is 33.4 Å². The number of hydrogen-bond acceptors (Lipinski definition) is 8. The van der Waals surface area contributed by atoms with Crippen molar-refractivity contribution in [1.29, 1.82) is 0 Å². The molecule has 5 rings (SSSR count). The zero-order valence-electron chi connectivity index (χ0n) is 25.9. The van der Waals surface area contributed by atoms with Gasteiger partial charge in [0.1, 0.15) is 17.2 Å². The van der Waals surface area contributed by atoms with E-state index in [1.54, 1.807) is 73.8 Å². The van der Waals surface area contributed by atoms with E-state index >= 15 is 0 Å². The number of ether oxygens (including phenoxy) is 2. The lowest BCUT2D eigenvalue weighted by molar-refractivity contribution is -0.114. The zero-order chi connectivity index (χ0) is 33.2. The number of thiazole rings is 1. The lowest BCUT2D eigenvalue weighted by atomic mass is 10.1. The molecule has 0 aliphatic rings. The van der Waals surface area contributed by atoms with Crippen molar-refractivity contribution in [2.45, 2.75) is 11.8 Å². The molecule has 0 saturated heterocycles. The lowest BCUT2D eigenvalue weighted by Crippen LogP contribution is -2.30. The number of anilines is 2. The molecule has 0 spiro atoms. The summed E-state index contributed by atoms with van der Waals surface area (Å²) >= 11 is 2.74. The van der Waals surface area contributed by atoms with Gasteiger partial charge in [-0.15, -0.1) is 23.1 Å². The molecule has 4 aromatic carbocycles. The van der Waals surface area contributed by atoms with Gasteiger partial charge >= 0.3 is 0 Å². The van der Waals surface area contributed by atoms with E-state index in [4.69, 9.17) is 9.47 Å². The van der Waals surface area contributed by atoms with Crippen molar-refractivity contribution in [1.82, 2.24) is 10.3 Å². The molecule has 0 radical (unpaired) electrons. The predicted octanol–water partition coefficient (Wildman–Crippen LogP) is 7.28. The molecule has 0 unspecified atom stereocenters. The van der Waals surface area contributed by atoms with Crippen molar-refractivity contribution < 1.29 is 23.9 Å². The maximum atomic E-state index is 13.5. The van der Waals surface area contributed by atoms with Gasteiger partial charge in [-0.3, -0.25) is 14.4 Å². The van der Waals surface area contributed by atoms with Crippen LogP contribution in [0.25, 0.3) is 17.3 Å². The molecule has 238 valence electrons. The highest BCUT2D eigenvalue weighted by molar-refractivity contribution is 8.00. The number of rotatable bonds is 12. The first-order chi connectivity index (χ1) is 22.8. The number of hydrogen-bond donors (Lipinski definition) is 3. The maximum Gasteiger partial charge on any atom is 0.272 e. The number of thioether (sulfide) groups is 1. The maximum absolute atomic E-state index is 13.5. The summed E-state index contributed by atoms with van der Waals surface area (Å²) in [6.07, 6.45) is 1.55. The summed E-state index contributed by atoms with van der Waals surface area (Å²) in [6.45, 7) is 2.03. The molecule has 0 bridgehead atoms. The Hall–Kier alpha value is -5.39. The van der Waals surface area contributed by atoms with Crippen LogP contribution in [0.2, 0.25) is 0 Å². The lowest BCUT2D eigenvalue weighted by Gasteiger charge is -2.13. The second kappa shape index (κ2) is 15.7. The molecule has 0 aliphatic carbocycles. The number of benzene rings is 4. The Morgan fingerprint density at radius 2 is 1.62 bits per heavy atom. The molecule has 0 saturated carbocycles. The molecule has 11 heteroatoms. The van der Waals surface area contributed by atoms with Gasteiger partial charge in [-0.2, -0.15) is 0 Å². The smallest absolute Gasteiger partial charge is 0.272 e. The van der Waals surface area contributed by atoms with E-state index < -0.39 is 11.8 Å². The first-order valence-electron chi connectivity index (χ1n) is 14.5. The fraction of sp³-hybridized carbons (Fsp3) is 0.111. The van der Waals surface area contributed by atoms with E-state index in [0.717, 1.165) is 16.2 Å². The van der Waals surface area contributed by atoms with Crippen molar-refractivity contribution in [2.75, 3.05) is 30.6 Å². The normalized spacial score (nSPS) is 11.0. The standard InChI is InChI=1S/C36H32N4O5S2/c1-23-9-11-24(12-10-23)31-21-47-36(39-31)40-33(41)22-46-29-17-14-27(15-18-29)37-35(43)30(38-34(42)25-7-5-4-6-8-25)19-26-13-16-28(44-2)20-32(26)45-3/h4-21H,22H2,1-3H3,(H,37,43)(H,38,42)(H,39,40,41)/b30-19-. The summed E-state index contributed by atoms with van der Waals surface area (Å²) in [4.78, 5) is 44.4. The van der Waals surface area contributed by atoms with E-state index in [1.807, 2.05) is 48.7 Å². The third kappa shape index (κ3) is 9.09. The average molecular weight is 665 g/mol. The molecule has 47 heavy (non-hydrogen) atoms. The Kier molecular flexibility index (Phi) is 11.1. The summed E-state index contributed by atoms with van der Waals surface area (Å²) in [5, 5.41) is 10.9. The number of carbonyl (C=O) groups excluding carboxylic acids is 3. The summed E-state index contributed by atoms with van der Waals surface area (Å²) in [5.41, 5.74) is 4.49. The fourth-order valence-corrected chi connectivity index (χ4v) is 5.80. The minimum absolute atomic E-state index is 0.0187. The van der Waals surface area contributed by atoms with Crippen molar-refractivity contribution >= 4 is 57.7 Å². The van der Waals surface area contributed by atoms with Gasteiger partial charge in [0.05, 0.1) is 25.7 Å². The predicted molar refractivity (Wildman–Crippen MR) is 188 cm³/mol. The molecular formula is C36H32N4O5S2. The molecule has 1 heterocycles. The highest BCUT2D eigenvalue weighted by Crippen LogP contribution is 2.28. The highest BCUT2D eigenvalue weighted by Gasteiger charge is 2.17. The van der Waals surface area contributed by atoms with Crippen LogP contribution in [-0.2, 0) is 9.59 Å². The van der Waals surface area contributed by atoms with Crippen LogP contribution < -0.4 is 25.4 Å².